The third-order valence-electron chi connectivity index (χ3n) is 4.63. The van der Waals surface area contributed by atoms with E-state index in [-0.39, 0.29) is 24.7 Å². The minimum atomic E-state index is -0.132. The second-order valence-corrected chi connectivity index (χ2v) is 6.01. The molecule has 1 heterocycles. The molecule has 2 fully saturated rings. The minimum Gasteiger partial charge on any atom is -0.394 e. The highest BCUT2D eigenvalue weighted by Gasteiger charge is 2.31. The van der Waals surface area contributed by atoms with Crippen molar-refractivity contribution in [3.05, 3.63) is 0 Å². The van der Waals surface area contributed by atoms with Gasteiger partial charge in [0.05, 0.1) is 12.6 Å². The molecule has 2 unspecified atom stereocenters. The summed E-state index contributed by atoms with van der Waals surface area (Å²) in [6, 6.07) is 0.810. The van der Waals surface area contributed by atoms with Gasteiger partial charge in [0.15, 0.2) is 0 Å². The van der Waals surface area contributed by atoms with Crippen LogP contribution in [-0.2, 0) is 0 Å². The van der Waals surface area contributed by atoms with E-state index in [1.165, 1.54) is 25.7 Å². The molecule has 0 aromatic rings. The van der Waals surface area contributed by atoms with Crippen molar-refractivity contribution in [3.8, 4) is 0 Å². The Kier molecular flexibility index (Phi) is 5.05. The van der Waals surface area contributed by atoms with Crippen LogP contribution in [0, 0.1) is 0 Å². The Balaban J connectivity index is 1.76. The summed E-state index contributed by atoms with van der Waals surface area (Å²) in [6.07, 6.45) is 6.40. The maximum absolute atomic E-state index is 12.0. The molecule has 2 atom stereocenters. The number of urea groups is 1. The van der Waals surface area contributed by atoms with E-state index >= 15 is 0 Å². The van der Waals surface area contributed by atoms with Crippen molar-refractivity contribution in [2.24, 2.45) is 0 Å². The molecule has 1 saturated carbocycles. The van der Waals surface area contributed by atoms with E-state index in [0.29, 0.717) is 0 Å². The zero-order chi connectivity index (χ0) is 13.8. The van der Waals surface area contributed by atoms with Crippen LogP contribution in [-0.4, -0.2) is 65.8 Å². The van der Waals surface area contributed by atoms with Gasteiger partial charge in [0.25, 0.3) is 0 Å². The number of likely N-dealkylation sites (tertiary alicyclic amines) is 1. The number of aliphatic hydroxyl groups is 1. The summed E-state index contributed by atoms with van der Waals surface area (Å²) in [4.78, 5) is 16.1. The van der Waals surface area contributed by atoms with Gasteiger partial charge in [-0.05, 0) is 26.2 Å². The Morgan fingerprint density at radius 3 is 2.74 bits per heavy atom. The minimum absolute atomic E-state index is 0.00276. The second-order valence-electron chi connectivity index (χ2n) is 6.01. The monoisotopic (exact) mass is 269 g/mol. The number of hydrogen-bond donors (Lipinski definition) is 2. The number of hydrogen-bond acceptors (Lipinski definition) is 3. The maximum atomic E-state index is 12.0. The number of carbonyl (C=O) groups excluding carboxylic acids is 1. The number of likely N-dealkylation sites (N-methyl/N-ethyl adjacent to an activating group) is 1. The van der Waals surface area contributed by atoms with Gasteiger partial charge < -0.3 is 15.3 Å². The number of carbonyl (C=O) groups is 1. The molecule has 2 N–H and O–H groups in total. The molecule has 110 valence electrons. The summed E-state index contributed by atoms with van der Waals surface area (Å²) in [5, 5.41) is 12.2. The summed E-state index contributed by atoms with van der Waals surface area (Å²) in [6.45, 7) is 3.94. The van der Waals surface area contributed by atoms with E-state index in [4.69, 9.17) is 5.11 Å². The van der Waals surface area contributed by atoms with E-state index < -0.39 is 0 Å². The zero-order valence-electron chi connectivity index (χ0n) is 12.1. The van der Waals surface area contributed by atoms with Crippen LogP contribution in [0.4, 0.5) is 4.79 Å². The van der Waals surface area contributed by atoms with Crippen LogP contribution in [0.1, 0.15) is 39.0 Å². The molecule has 0 bridgehead atoms. The molecule has 2 amide bonds. The lowest BCUT2D eigenvalue weighted by atomic mass is 10.2. The van der Waals surface area contributed by atoms with Gasteiger partial charge in [-0.15, -0.1) is 0 Å². The quantitative estimate of drug-likeness (QED) is 0.801. The molecule has 2 aliphatic rings. The summed E-state index contributed by atoms with van der Waals surface area (Å²) < 4.78 is 0. The predicted octanol–water partition coefficient (Wildman–Crippen LogP) is 1.03. The van der Waals surface area contributed by atoms with Crippen LogP contribution in [0.2, 0.25) is 0 Å². The van der Waals surface area contributed by atoms with E-state index in [0.717, 1.165) is 25.6 Å². The van der Waals surface area contributed by atoms with E-state index in [1.807, 2.05) is 6.92 Å². The number of amides is 2. The third-order valence-corrected chi connectivity index (χ3v) is 4.63. The van der Waals surface area contributed by atoms with Gasteiger partial charge >= 0.3 is 6.03 Å². The Morgan fingerprint density at radius 2 is 2.11 bits per heavy atom. The highest BCUT2D eigenvalue weighted by atomic mass is 16.3. The van der Waals surface area contributed by atoms with E-state index in [1.54, 1.807) is 11.9 Å². The Hall–Kier alpha value is -0.810. The van der Waals surface area contributed by atoms with Crippen molar-refractivity contribution in [2.45, 2.75) is 57.2 Å². The fraction of sp³-hybridized carbons (Fsp3) is 0.929. The lowest BCUT2D eigenvalue weighted by Gasteiger charge is -2.26. The Labute approximate surface area is 115 Å². The first-order valence-corrected chi connectivity index (χ1v) is 7.50. The third kappa shape index (κ3) is 3.60. The molecule has 19 heavy (non-hydrogen) atoms. The maximum Gasteiger partial charge on any atom is 0.317 e. The van der Waals surface area contributed by atoms with E-state index in [2.05, 4.69) is 10.2 Å². The first-order valence-electron chi connectivity index (χ1n) is 7.50. The highest BCUT2D eigenvalue weighted by molar-refractivity contribution is 5.74. The molecule has 5 heteroatoms. The van der Waals surface area contributed by atoms with Crippen LogP contribution < -0.4 is 5.32 Å². The first-order chi connectivity index (χ1) is 9.11. The average Bonchev–Trinajstić information content (AvgIpc) is 3.06. The Morgan fingerprint density at radius 1 is 1.42 bits per heavy atom. The number of nitrogens with one attached hydrogen (secondary N) is 1. The van der Waals surface area contributed by atoms with Gasteiger partial charge in [0.2, 0.25) is 0 Å². The van der Waals surface area contributed by atoms with Crippen molar-refractivity contribution in [3.63, 3.8) is 0 Å². The molecule has 0 radical (unpaired) electrons. The molecule has 0 aromatic carbocycles. The van der Waals surface area contributed by atoms with Crippen molar-refractivity contribution in [1.82, 2.24) is 15.1 Å². The lowest BCUT2D eigenvalue weighted by Crippen LogP contribution is -2.48. The van der Waals surface area contributed by atoms with Crippen LogP contribution >= 0.6 is 0 Å². The molecule has 1 aliphatic heterocycles. The summed E-state index contributed by atoms with van der Waals surface area (Å²) in [5.74, 6) is 0. The van der Waals surface area contributed by atoms with Gasteiger partial charge in [0.1, 0.15) is 0 Å². The van der Waals surface area contributed by atoms with Crippen molar-refractivity contribution < 1.29 is 9.90 Å². The largest absolute Gasteiger partial charge is 0.394 e. The zero-order valence-corrected chi connectivity index (χ0v) is 12.1. The SMILES string of the molecule is CC(CO)N(C)C(=O)NC1CCN(C2CCCC2)C1. The van der Waals surface area contributed by atoms with Crippen molar-refractivity contribution >= 4 is 6.03 Å². The number of aliphatic hydroxyl groups excluding tert-OH is 1. The molecule has 2 rings (SSSR count). The second kappa shape index (κ2) is 6.57. The lowest BCUT2D eigenvalue weighted by molar-refractivity contribution is 0.154. The van der Waals surface area contributed by atoms with E-state index in [9.17, 15) is 4.79 Å². The molecular formula is C14H27N3O2. The van der Waals surface area contributed by atoms with Crippen LogP contribution in [0.3, 0.4) is 0 Å². The van der Waals surface area contributed by atoms with Gasteiger partial charge in [-0.2, -0.15) is 0 Å². The first kappa shape index (κ1) is 14.6. The predicted molar refractivity (Wildman–Crippen MR) is 75.1 cm³/mol. The molecule has 5 nitrogen and oxygen atoms in total. The Bertz CT molecular complexity index is 305. The van der Waals surface area contributed by atoms with Gasteiger partial charge in [-0.25, -0.2) is 4.79 Å². The number of rotatable bonds is 4. The van der Waals surface area contributed by atoms with Crippen molar-refractivity contribution in [2.75, 3.05) is 26.7 Å². The molecule has 1 aliphatic carbocycles. The molecular weight excluding hydrogens is 242 g/mol. The average molecular weight is 269 g/mol. The van der Waals surface area contributed by atoms with Crippen LogP contribution in [0.5, 0.6) is 0 Å². The van der Waals surface area contributed by atoms with Gasteiger partial charge in [-0.3, -0.25) is 4.90 Å². The fourth-order valence-corrected chi connectivity index (χ4v) is 3.11. The highest BCUT2D eigenvalue weighted by Crippen LogP contribution is 2.26. The van der Waals surface area contributed by atoms with Gasteiger partial charge in [-0.1, -0.05) is 12.8 Å². The standard InChI is InChI=1S/C14H27N3O2/c1-11(10-18)16(2)14(19)15-12-7-8-17(9-12)13-5-3-4-6-13/h11-13,18H,3-10H2,1-2H3,(H,15,19). The fourth-order valence-electron chi connectivity index (χ4n) is 3.11. The topological polar surface area (TPSA) is 55.8 Å². The summed E-state index contributed by atoms with van der Waals surface area (Å²) in [7, 11) is 1.74. The molecule has 1 saturated heterocycles. The number of nitrogens with zero attached hydrogens (tertiary/aromatic N) is 2. The van der Waals surface area contributed by atoms with Gasteiger partial charge in [0, 0.05) is 32.2 Å². The van der Waals surface area contributed by atoms with Crippen LogP contribution in [0.15, 0.2) is 0 Å². The smallest absolute Gasteiger partial charge is 0.317 e. The summed E-state index contributed by atoms with van der Waals surface area (Å²) in [5.41, 5.74) is 0. The van der Waals surface area contributed by atoms with Crippen LogP contribution in [0.25, 0.3) is 0 Å². The summed E-state index contributed by atoms with van der Waals surface area (Å²) >= 11 is 0. The molecule has 0 spiro atoms. The van der Waals surface area contributed by atoms with Crippen molar-refractivity contribution in [1.29, 1.82) is 0 Å². The normalized spacial score (nSPS) is 26.6. The molecule has 0 aromatic heterocycles.